The van der Waals surface area contributed by atoms with Gasteiger partial charge in [-0.15, -0.1) is 0 Å². The van der Waals surface area contributed by atoms with Gasteiger partial charge in [-0.3, -0.25) is 0 Å². The Hall–Kier alpha value is -2.07. The monoisotopic (exact) mass is 257 g/mol. The quantitative estimate of drug-likeness (QED) is 0.892. The van der Waals surface area contributed by atoms with Crippen LogP contribution in [0.2, 0.25) is 0 Å². The highest BCUT2D eigenvalue weighted by atomic mass is 16.5. The first-order valence-corrected chi connectivity index (χ1v) is 6.22. The van der Waals surface area contributed by atoms with Gasteiger partial charge in [0.25, 0.3) is 0 Å². The van der Waals surface area contributed by atoms with Crippen LogP contribution in [-0.4, -0.2) is 19.1 Å². The van der Waals surface area contributed by atoms with E-state index in [1.165, 1.54) is 5.56 Å². The maximum atomic E-state index is 5.59. The lowest BCUT2D eigenvalue weighted by Crippen LogP contribution is -2.18. The Morgan fingerprint density at radius 2 is 1.84 bits per heavy atom. The number of methoxy groups -OCH3 is 1. The molecule has 0 unspecified atom stereocenters. The molecule has 4 nitrogen and oxygen atoms in total. The largest absolute Gasteiger partial charge is 0.493 e. The average molecular weight is 257 g/mol. The molecule has 0 amide bonds. The van der Waals surface area contributed by atoms with Crippen LogP contribution >= 0.6 is 0 Å². The van der Waals surface area contributed by atoms with Gasteiger partial charge < -0.3 is 15.4 Å². The molecule has 0 aliphatic rings. The van der Waals surface area contributed by atoms with Gasteiger partial charge in [0.1, 0.15) is 0 Å². The van der Waals surface area contributed by atoms with Crippen molar-refractivity contribution in [2.24, 2.45) is 5.73 Å². The Labute approximate surface area is 113 Å². The van der Waals surface area contributed by atoms with Crippen LogP contribution in [0, 0.1) is 0 Å². The van der Waals surface area contributed by atoms with Crippen molar-refractivity contribution in [2.45, 2.75) is 13.1 Å². The van der Waals surface area contributed by atoms with Crippen molar-refractivity contribution < 1.29 is 4.74 Å². The second-order valence-corrected chi connectivity index (χ2v) is 4.41. The van der Waals surface area contributed by atoms with E-state index >= 15 is 0 Å². The van der Waals surface area contributed by atoms with Crippen LogP contribution in [0.5, 0.6) is 5.75 Å². The van der Waals surface area contributed by atoms with Crippen LogP contribution in [0.3, 0.4) is 0 Å². The third-order valence-corrected chi connectivity index (χ3v) is 3.01. The van der Waals surface area contributed by atoms with Crippen LogP contribution in [-0.2, 0) is 13.1 Å². The fourth-order valence-electron chi connectivity index (χ4n) is 1.96. The summed E-state index contributed by atoms with van der Waals surface area (Å²) in [4.78, 5) is 6.43. The van der Waals surface area contributed by atoms with Crippen molar-refractivity contribution in [1.29, 1.82) is 0 Å². The van der Waals surface area contributed by atoms with Crippen LogP contribution < -0.4 is 15.4 Å². The normalized spacial score (nSPS) is 10.3. The summed E-state index contributed by atoms with van der Waals surface area (Å²) in [6.07, 6.45) is 1.77. The Bertz CT molecular complexity index is 525. The third kappa shape index (κ3) is 3.23. The van der Waals surface area contributed by atoms with Gasteiger partial charge in [-0.1, -0.05) is 24.3 Å². The highest BCUT2D eigenvalue weighted by molar-refractivity contribution is 5.51. The molecule has 0 radical (unpaired) electrons. The van der Waals surface area contributed by atoms with E-state index in [9.17, 15) is 0 Å². The molecular weight excluding hydrogens is 238 g/mol. The van der Waals surface area contributed by atoms with Crippen LogP contribution in [0.25, 0.3) is 0 Å². The number of benzene rings is 1. The van der Waals surface area contributed by atoms with Crippen LogP contribution in [0.15, 0.2) is 42.6 Å². The number of hydrogen-bond acceptors (Lipinski definition) is 4. The summed E-state index contributed by atoms with van der Waals surface area (Å²) in [7, 11) is 3.66. The molecular formula is C15H19N3O. The number of ether oxygens (including phenoxy) is 1. The van der Waals surface area contributed by atoms with Gasteiger partial charge in [-0.05, 0) is 23.3 Å². The molecule has 2 N–H and O–H groups in total. The summed E-state index contributed by atoms with van der Waals surface area (Å²) in [6, 6.07) is 12.1. The van der Waals surface area contributed by atoms with E-state index in [0.29, 0.717) is 6.54 Å². The highest BCUT2D eigenvalue weighted by Gasteiger charge is 2.09. The topological polar surface area (TPSA) is 51.4 Å². The lowest BCUT2D eigenvalue weighted by molar-refractivity contribution is 0.413. The van der Waals surface area contributed by atoms with Gasteiger partial charge in [0.15, 0.2) is 11.6 Å². The zero-order chi connectivity index (χ0) is 13.7. The second-order valence-electron chi connectivity index (χ2n) is 4.41. The molecule has 0 saturated carbocycles. The van der Waals surface area contributed by atoms with E-state index in [1.54, 1.807) is 13.3 Å². The van der Waals surface area contributed by atoms with Crippen molar-refractivity contribution in [3.05, 3.63) is 53.7 Å². The molecule has 0 fully saturated rings. The maximum absolute atomic E-state index is 5.59. The molecule has 100 valence electrons. The Morgan fingerprint density at radius 3 is 2.47 bits per heavy atom. The molecule has 0 bridgehead atoms. The van der Waals surface area contributed by atoms with E-state index in [1.807, 2.05) is 19.2 Å². The lowest BCUT2D eigenvalue weighted by Gasteiger charge is -2.20. The van der Waals surface area contributed by atoms with Gasteiger partial charge >= 0.3 is 0 Å². The molecule has 4 heteroatoms. The van der Waals surface area contributed by atoms with Gasteiger partial charge in [0.05, 0.1) is 7.11 Å². The first-order valence-electron chi connectivity index (χ1n) is 6.22. The second kappa shape index (κ2) is 6.20. The summed E-state index contributed by atoms with van der Waals surface area (Å²) in [5.41, 5.74) is 7.95. The molecule has 19 heavy (non-hydrogen) atoms. The SMILES string of the molecule is COc1cccnc1N(C)Cc1ccc(CN)cc1. The molecule has 0 spiro atoms. The Morgan fingerprint density at radius 1 is 1.16 bits per heavy atom. The van der Waals surface area contributed by atoms with E-state index in [0.717, 1.165) is 23.7 Å². The Kier molecular flexibility index (Phi) is 4.36. The number of anilines is 1. The predicted octanol–water partition coefficient (Wildman–Crippen LogP) is 2.19. The molecule has 0 atom stereocenters. The molecule has 2 rings (SSSR count). The fourth-order valence-corrected chi connectivity index (χ4v) is 1.96. The number of aromatic nitrogens is 1. The highest BCUT2D eigenvalue weighted by Crippen LogP contribution is 2.24. The third-order valence-electron chi connectivity index (χ3n) is 3.01. The number of hydrogen-bond donors (Lipinski definition) is 1. The van der Waals surface area contributed by atoms with Crippen LogP contribution in [0.1, 0.15) is 11.1 Å². The van der Waals surface area contributed by atoms with Gasteiger partial charge in [-0.25, -0.2) is 4.98 Å². The van der Waals surface area contributed by atoms with E-state index in [4.69, 9.17) is 10.5 Å². The molecule has 0 aliphatic heterocycles. The Balaban J connectivity index is 2.13. The van der Waals surface area contributed by atoms with Gasteiger partial charge in [0, 0.05) is 26.3 Å². The van der Waals surface area contributed by atoms with Crippen molar-refractivity contribution in [3.63, 3.8) is 0 Å². The molecule has 1 aromatic carbocycles. The number of pyridine rings is 1. The van der Waals surface area contributed by atoms with Crippen molar-refractivity contribution in [2.75, 3.05) is 19.1 Å². The number of rotatable bonds is 5. The van der Waals surface area contributed by atoms with Crippen molar-refractivity contribution >= 4 is 5.82 Å². The zero-order valence-electron chi connectivity index (χ0n) is 11.3. The fraction of sp³-hybridized carbons (Fsp3) is 0.267. The average Bonchev–Trinajstić information content (AvgIpc) is 2.48. The first-order chi connectivity index (χ1) is 9.24. The minimum Gasteiger partial charge on any atom is -0.493 e. The summed E-state index contributed by atoms with van der Waals surface area (Å²) in [5.74, 6) is 1.62. The predicted molar refractivity (Wildman–Crippen MR) is 77.2 cm³/mol. The summed E-state index contributed by atoms with van der Waals surface area (Å²) in [5, 5.41) is 0. The van der Waals surface area contributed by atoms with E-state index in [2.05, 4.69) is 34.1 Å². The molecule has 0 saturated heterocycles. The van der Waals surface area contributed by atoms with E-state index < -0.39 is 0 Å². The minimum absolute atomic E-state index is 0.574. The molecule has 1 heterocycles. The lowest BCUT2D eigenvalue weighted by atomic mass is 10.1. The molecule has 2 aromatic rings. The van der Waals surface area contributed by atoms with Crippen molar-refractivity contribution in [3.8, 4) is 5.75 Å². The standard InChI is InChI=1S/C15H19N3O/c1-18(15-14(19-2)4-3-9-17-15)11-13-7-5-12(10-16)6-8-13/h3-9H,10-11,16H2,1-2H3. The molecule has 0 aliphatic carbocycles. The van der Waals surface area contributed by atoms with Gasteiger partial charge in [0.2, 0.25) is 0 Å². The summed E-state index contributed by atoms with van der Waals surface area (Å²) >= 11 is 0. The van der Waals surface area contributed by atoms with Gasteiger partial charge in [-0.2, -0.15) is 0 Å². The van der Waals surface area contributed by atoms with Crippen LogP contribution in [0.4, 0.5) is 5.82 Å². The maximum Gasteiger partial charge on any atom is 0.171 e. The smallest absolute Gasteiger partial charge is 0.171 e. The van der Waals surface area contributed by atoms with Crippen molar-refractivity contribution in [1.82, 2.24) is 4.98 Å². The van der Waals surface area contributed by atoms with E-state index in [-0.39, 0.29) is 0 Å². The number of nitrogens with zero attached hydrogens (tertiary/aromatic N) is 2. The first kappa shape index (κ1) is 13.4. The zero-order valence-corrected chi connectivity index (χ0v) is 11.3. The minimum atomic E-state index is 0.574. The number of nitrogens with two attached hydrogens (primary N) is 1. The molecule has 1 aromatic heterocycles. The summed E-state index contributed by atoms with van der Waals surface area (Å²) in [6.45, 7) is 1.35. The summed E-state index contributed by atoms with van der Waals surface area (Å²) < 4.78 is 5.32.